The smallest absolute Gasteiger partial charge is 0.303 e. The first-order valence-electron chi connectivity index (χ1n) is 14.9. The molecule has 6 rings (SSSR count). The number of ether oxygens (including phenoxy) is 1. The molecule has 7 atom stereocenters. The molecule has 1 aromatic rings. The maximum absolute atomic E-state index is 12.7. The number of carbonyl (C=O) groups excluding carboxylic acids is 3. The van der Waals surface area contributed by atoms with Crippen molar-refractivity contribution in [2.75, 3.05) is 13.6 Å². The number of likely N-dealkylation sites (tertiary alicyclic amines) is 1. The summed E-state index contributed by atoms with van der Waals surface area (Å²) in [5.74, 6) is 0.584. The van der Waals surface area contributed by atoms with Crippen molar-refractivity contribution < 1.29 is 19.1 Å². The summed E-state index contributed by atoms with van der Waals surface area (Å²) in [4.78, 5) is 43.2. The van der Waals surface area contributed by atoms with Crippen molar-refractivity contribution in [3.05, 3.63) is 52.8 Å². The van der Waals surface area contributed by atoms with Gasteiger partial charge in [0.15, 0.2) is 17.2 Å². The molecule has 0 spiro atoms. The molecular weight excluding hydrogens is 524 g/mol. The second kappa shape index (κ2) is 10.8. The van der Waals surface area contributed by atoms with Crippen molar-refractivity contribution in [3.63, 3.8) is 0 Å². The predicted octanol–water partition coefficient (Wildman–Crippen LogP) is 6.60. The van der Waals surface area contributed by atoms with Crippen LogP contribution in [0.5, 0.6) is 0 Å². The maximum Gasteiger partial charge on any atom is 0.303 e. The summed E-state index contributed by atoms with van der Waals surface area (Å²) >= 11 is 6.71. The Hall–Kier alpha value is -2.31. The van der Waals surface area contributed by atoms with E-state index in [0.717, 1.165) is 31.3 Å². The number of Topliss-reactive ketones (excluding diaryl/α,β-unsaturated/α-hetero) is 1. The maximum atomic E-state index is 12.7. The number of ketones is 2. The monoisotopic (exact) mass is 566 g/mol. The molecule has 0 radical (unpaired) electrons. The van der Waals surface area contributed by atoms with Gasteiger partial charge in [0, 0.05) is 42.2 Å². The molecular formula is C33H43ClN2O4. The summed E-state index contributed by atoms with van der Waals surface area (Å²) in [6.07, 6.45) is 14.9. The van der Waals surface area contributed by atoms with Gasteiger partial charge < -0.3 is 4.74 Å². The van der Waals surface area contributed by atoms with E-state index in [4.69, 9.17) is 16.3 Å². The van der Waals surface area contributed by atoms with Crippen molar-refractivity contribution in [2.45, 2.75) is 90.7 Å². The lowest BCUT2D eigenvalue weighted by Gasteiger charge is -2.57. The topological polar surface area (TPSA) is 76.6 Å². The Kier molecular flexibility index (Phi) is 7.90. The van der Waals surface area contributed by atoms with Crippen LogP contribution in [0.2, 0.25) is 0 Å². The minimum Gasteiger partial charge on any atom is -0.451 e. The lowest BCUT2D eigenvalue weighted by molar-refractivity contribution is -0.185. The number of esters is 1. The molecule has 1 saturated heterocycles. The van der Waals surface area contributed by atoms with E-state index in [1.165, 1.54) is 31.9 Å². The lowest BCUT2D eigenvalue weighted by Crippen LogP contribution is -2.58. The van der Waals surface area contributed by atoms with E-state index in [9.17, 15) is 14.4 Å². The van der Waals surface area contributed by atoms with E-state index in [-0.39, 0.29) is 40.2 Å². The van der Waals surface area contributed by atoms with Crippen LogP contribution in [0.3, 0.4) is 0 Å². The third-order valence-corrected chi connectivity index (χ3v) is 11.5. The zero-order valence-corrected chi connectivity index (χ0v) is 25.3. The number of allylic oxidation sites excluding steroid dienone is 4. The van der Waals surface area contributed by atoms with Crippen LogP contribution in [0.25, 0.3) is 0 Å². The lowest BCUT2D eigenvalue weighted by atomic mass is 9.48. The molecule has 2 saturated carbocycles. The van der Waals surface area contributed by atoms with Gasteiger partial charge in [0.05, 0.1) is 0 Å². The van der Waals surface area contributed by atoms with E-state index in [1.807, 2.05) is 18.5 Å². The third kappa shape index (κ3) is 4.69. The highest BCUT2D eigenvalue weighted by atomic mass is 35.5. The van der Waals surface area contributed by atoms with Crippen molar-refractivity contribution in [2.24, 2.45) is 28.6 Å². The Balaban J connectivity index is 0.000000223. The number of carbonyl (C=O) groups is 3. The molecule has 40 heavy (non-hydrogen) atoms. The fourth-order valence-electron chi connectivity index (χ4n) is 9.04. The molecule has 5 aliphatic rings. The van der Waals surface area contributed by atoms with Gasteiger partial charge in [0.2, 0.25) is 0 Å². The zero-order valence-electron chi connectivity index (χ0n) is 24.5. The molecule has 0 bridgehead atoms. The number of nitrogens with zero attached hydrogens (tertiary/aromatic N) is 2. The van der Waals surface area contributed by atoms with Gasteiger partial charge >= 0.3 is 5.97 Å². The third-order valence-electron chi connectivity index (χ3n) is 11.2. The van der Waals surface area contributed by atoms with E-state index < -0.39 is 5.60 Å². The number of hydrogen-bond acceptors (Lipinski definition) is 6. The highest BCUT2D eigenvalue weighted by molar-refractivity contribution is 6.32. The van der Waals surface area contributed by atoms with E-state index in [0.29, 0.717) is 29.8 Å². The van der Waals surface area contributed by atoms with E-state index >= 15 is 0 Å². The number of pyridine rings is 1. The standard InChI is InChI=1S/C23H29ClO4.C10H14N2/c1-13(25)23(28-14(2)26)10-7-18-16-12-20(24)19-11-15(27)5-8-21(19,3)17(16)6-9-22(18,23)4;1-12-7-3-5-10(12)9-4-2-6-11-8-9/h11-12,16-18H,5-10H2,1-4H3;2,4,6,8,10H,3,5,7H2,1H3/t16-,17+,18+,21-,22+,23+;10-/m10/s1. The molecule has 2 heterocycles. The summed E-state index contributed by atoms with van der Waals surface area (Å²) in [5, 5.41) is 0.689. The number of halogens is 1. The van der Waals surface area contributed by atoms with E-state index in [1.54, 1.807) is 13.0 Å². The second-order valence-corrected chi connectivity index (χ2v) is 13.6. The molecule has 0 N–H and O–H groups in total. The van der Waals surface area contributed by atoms with Gasteiger partial charge in [-0.1, -0.05) is 37.6 Å². The van der Waals surface area contributed by atoms with Gasteiger partial charge in [-0.05, 0) is 112 Å². The number of fused-ring (bicyclic) bond motifs is 5. The largest absolute Gasteiger partial charge is 0.451 e. The van der Waals surface area contributed by atoms with Crippen LogP contribution >= 0.6 is 11.6 Å². The molecule has 7 heteroatoms. The fourth-order valence-corrected chi connectivity index (χ4v) is 9.46. The Bertz CT molecular complexity index is 1240. The Morgan fingerprint density at radius 3 is 2.48 bits per heavy atom. The van der Waals surface area contributed by atoms with Crippen molar-refractivity contribution in [1.29, 1.82) is 0 Å². The van der Waals surface area contributed by atoms with E-state index in [2.05, 4.69) is 42.9 Å². The van der Waals surface area contributed by atoms with Crippen LogP contribution in [0.4, 0.5) is 0 Å². The minimum atomic E-state index is -1.03. The SMILES string of the molecule is CC(=O)O[C@]1(C(C)=O)CC[C@H]2[C@@H]3C=C(Cl)C4=CC(=O)CC[C@]4(C)[C@H]3CC[C@@]21C.CN1CCC[C@H]1c1cccnc1. The summed E-state index contributed by atoms with van der Waals surface area (Å²) in [6.45, 7) is 8.55. The summed E-state index contributed by atoms with van der Waals surface area (Å²) in [6, 6.07) is 4.79. The van der Waals surface area contributed by atoms with Gasteiger partial charge in [-0.3, -0.25) is 24.3 Å². The summed E-state index contributed by atoms with van der Waals surface area (Å²) < 4.78 is 5.79. The van der Waals surface area contributed by atoms with Gasteiger partial charge in [-0.2, -0.15) is 0 Å². The molecule has 0 amide bonds. The van der Waals surface area contributed by atoms with Crippen LogP contribution in [0.15, 0.2) is 47.3 Å². The van der Waals surface area contributed by atoms with Crippen LogP contribution in [-0.2, 0) is 19.1 Å². The van der Waals surface area contributed by atoms with Crippen LogP contribution in [0, 0.1) is 28.6 Å². The minimum absolute atomic E-state index is 0.0490. The Morgan fingerprint density at radius 2 is 1.85 bits per heavy atom. The highest BCUT2D eigenvalue weighted by Gasteiger charge is 2.67. The van der Waals surface area contributed by atoms with Crippen LogP contribution < -0.4 is 0 Å². The van der Waals surface area contributed by atoms with Gasteiger partial charge in [0.25, 0.3) is 0 Å². The molecule has 4 aliphatic carbocycles. The van der Waals surface area contributed by atoms with Crippen LogP contribution in [0.1, 0.15) is 90.7 Å². The van der Waals surface area contributed by atoms with Gasteiger partial charge in [-0.15, -0.1) is 0 Å². The van der Waals surface area contributed by atoms with Crippen LogP contribution in [-0.4, -0.2) is 46.6 Å². The number of hydrogen-bond donors (Lipinski definition) is 0. The Morgan fingerprint density at radius 1 is 1.10 bits per heavy atom. The average Bonchev–Trinajstić information content (AvgIpc) is 3.47. The molecule has 1 aromatic heterocycles. The van der Waals surface area contributed by atoms with Gasteiger partial charge in [-0.25, -0.2) is 0 Å². The molecule has 6 nitrogen and oxygen atoms in total. The normalized spacial score (nSPS) is 38.6. The summed E-state index contributed by atoms with van der Waals surface area (Å²) in [5.41, 5.74) is 0.827. The number of rotatable bonds is 3. The quantitative estimate of drug-likeness (QED) is 0.384. The molecule has 0 aromatic carbocycles. The second-order valence-electron chi connectivity index (χ2n) is 13.1. The van der Waals surface area contributed by atoms with Crippen molar-refractivity contribution in [1.82, 2.24) is 9.88 Å². The van der Waals surface area contributed by atoms with Crippen molar-refractivity contribution in [3.8, 4) is 0 Å². The zero-order chi connectivity index (χ0) is 28.9. The Labute approximate surface area is 243 Å². The average molecular weight is 567 g/mol. The highest BCUT2D eigenvalue weighted by Crippen LogP contribution is 2.68. The number of aromatic nitrogens is 1. The molecule has 0 unspecified atom stereocenters. The van der Waals surface area contributed by atoms with Gasteiger partial charge in [0.1, 0.15) is 0 Å². The molecule has 216 valence electrons. The van der Waals surface area contributed by atoms with Crippen molar-refractivity contribution >= 4 is 29.1 Å². The first-order valence-corrected chi connectivity index (χ1v) is 15.2. The first kappa shape index (κ1) is 29.2. The molecule has 1 aliphatic heterocycles. The fraction of sp³-hybridized carbons (Fsp3) is 0.636. The first-order chi connectivity index (χ1) is 18.9. The molecule has 3 fully saturated rings. The predicted molar refractivity (Wildman–Crippen MR) is 155 cm³/mol. The summed E-state index contributed by atoms with van der Waals surface area (Å²) in [7, 11) is 2.19.